The first-order valence-electron chi connectivity index (χ1n) is 14.6. The van der Waals surface area contributed by atoms with Crippen molar-refractivity contribution in [2.75, 3.05) is 44.7 Å². The van der Waals surface area contributed by atoms with Crippen molar-refractivity contribution in [3.63, 3.8) is 0 Å². The number of hydrogen-bond donors (Lipinski definition) is 0. The van der Waals surface area contributed by atoms with Crippen LogP contribution in [0.5, 0.6) is 6.01 Å². The number of carbonyl (C=O) groups excluding carboxylic acids is 1. The van der Waals surface area contributed by atoms with Crippen molar-refractivity contribution in [3.8, 4) is 23.2 Å². The van der Waals surface area contributed by atoms with E-state index in [1.165, 1.54) is 12.1 Å². The summed E-state index contributed by atoms with van der Waals surface area (Å²) < 4.78 is 38.8. The van der Waals surface area contributed by atoms with Gasteiger partial charge in [0, 0.05) is 41.5 Å². The van der Waals surface area contributed by atoms with Crippen LogP contribution in [0.4, 0.5) is 14.6 Å². The van der Waals surface area contributed by atoms with Crippen molar-refractivity contribution in [3.05, 3.63) is 71.8 Å². The average molecular weight is 617 g/mol. The number of hydrogen-bond acceptors (Lipinski definition) is 7. The van der Waals surface area contributed by atoms with Crippen LogP contribution in [0.1, 0.15) is 19.3 Å². The van der Waals surface area contributed by atoms with E-state index in [0.29, 0.717) is 29.1 Å². The lowest BCUT2D eigenvalue weighted by Gasteiger charge is -2.41. The minimum atomic E-state index is -0.854. The molecule has 0 bridgehead atoms. The number of likely N-dealkylation sites (tertiary alicyclic amines) is 1. The number of ether oxygens (including phenoxy) is 1. The van der Waals surface area contributed by atoms with Gasteiger partial charge in [0.2, 0.25) is 5.91 Å². The lowest BCUT2D eigenvalue weighted by molar-refractivity contribution is -0.128. The number of nitrogens with zero attached hydrogens (tertiary/aromatic N) is 6. The molecule has 3 heterocycles. The Balaban J connectivity index is 1.49. The van der Waals surface area contributed by atoms with Gasteiger partial charge in [-0.1, -0.05) is 48.5 Å². The van der Waals surface area contributed by atoms with E-state index >= 15 is 8.78 Å². The van der Waals surface area contributed by atoms with Crippen molar-refractivity contribution in [2.45, 2.75) is 31.3 Å². The zero-order valence-corrected chi connectivity index (χ0v) is 25.0. The fraction of sp³-hybridized carbons (Fsp3) is 0.333. The number of likely N-dealkylation sites (N-methyl/N-ethyl adjacent to an activating group) is 1. The number of anilines is 1. The highest BCUT2D eigenvalue weighted by molar-refractivity contribution is 6.36. The Morgan fingerprint density at radius 2 is 1.98 bits per heavy atom. The summed E-state index contributed by atoms with van der Waals surface area (Å²) in [5.74, 6) is -1.65. The number of nitriles is 1. The molecule has 8 nitrogen and oxygen atoms in total. The second-order valence-electron chi connectivity index (χ2n) is 11.2. The lowest BCUT2D eigenvalue weighted by Crippen LogP contribution is -2.55. The minimum absolute atomic E-state index is 0.0263. The average Bonchev–Trinajstić information content (AvgIpc) is 3.44. The molecule has 0 saturated carbocycles. The summed E-state index contributed by atoms with van der Waals surface area (Å²) in [6.07, 6.45) is 3.30. The summed E-state index contributed by atoms with van der Waals surface area (Å²) in [5.41, 5.74) is -0.0245. The number of rotatable bonds is 7. The maximum absolute atomic E-state index is 16.7. The predicted octanol–water partition coefficient (Wildman–Crippen LogP) is 5.97. The zero-order chi connectivity index (χ0) is 31.0. The lowest BCUT2D eigenvalue weighted by atomic mass is 9.96. The number of piperazine rings is 1. The van der Waals surface area contributed by atoms with E-state index in [1.807, 2.05) is 24.1 Å². The summed E-state index contributed by atoms with van der Waals surface area (Å²) in [6.45, 7) is 5.68. The number of aromatic nitrogens is 2. The zero-order valence-electron chi connectivity index (χ0n) is 24.3. The van der Waals surface area contributed by atoms with E-state index < -0.39 is 17.7 Å². The fourth-order valence-electron chi connectivity index (χ4n) is 6.31. The van der Waals surface area contributed by atoms with Gasteiger partial charge in [-0.15, -0.1) is 0 Å². The predicted molar refractivity (Wildman–Crippen MR) is 167 cm³/mol. The Hall–Kier alpha value is -4.33. The first-order valence-corrected chi connectivity index (χ1v) is 14.9. The second-order valence-corrected chi connectivity index (χ2v) is 11.6. The van der Waals surface area contributed by atoms with Crippen LogP contribution in [0.2, 0.25) is 5.02 Å². The van der Waals surface area contributed by atoms with Crippen LogP contribution in [0, 0.1) is 23.0 Å². The van der Waals surface area contributed by atoms with Gasteiger partial charge in [0.15, 0.2) is 5.82 Å². The molecule has 2 atom stereocenters. The summed E-state index contributed by atoms with van der Waals surface area (Å²) in [6, 6.07) is 13.6. The normalized spacial score (nSPS) is 19.0. The molecule has 226 valence electrons. The van der Waals surface area contributed by atoms with Gasteiger partial charge < -0.3 is 19.4 Å². The van der Waals surface area contributed by atoms with Crippen molar-refractivity contribution < 1.29 is 18.3 Å². The number of carbonyl (C=O) groups is 1. The van der Waals surface area contributed by atoms with E-state index in [1.54, 1.807) is 29.2 Å². The molecule has 0 N–H and O–H groups in total. The highest BCUT2D eigenvalue weighted by Crippen LogP contribution is 2.40. The highest BCUT2D eigenvalue weighted by atomic mass is 35.5. The maximum Gasteiger partial charge on any atom is 0.319 e. The fourth-order valence-corrected chi connectivity index (χ4v) is 6.60. The SMILES string of the molecule is C=CC(=O)N1CCN(c2nc(OC[C@@H]3CCCN3C)nc3c(F)c(-c4cccc5cccc(Cl)c45)c(F)cc23)C[C@@H]1CC#N. The minimum Gasteiger partial charge on any atom is -0.462 e. The molecule has 2 saturated heterocycles. The van der Waals surface area contributed by atoms with Crippen molar-refractivity contribution in [1.29, 1.82) is 5.26 Å². The smallest absolute Gasteiger partial charge is 0.319 e. The number of benzene rings is 3. The van der Waals surface area contributed by atoms with E-state index in [0.717, 1.165) is 24.8 Å². The number of halogens is 3. The molecule has 0 aliphatic carbocycles. The molecule has 4 aromatic rings. The van der Waals surface area contributed by atoms with Crippen LogP contribution in [0.15, 0.2) is 55.1 Å². The summed E-state index contributed by atoms with van der Waals surface area (Å²) in [7, 11) is 2.02. The largest absolute Gasteiger partial charge is 0.462 e. The third kappa shape index (κ3) is 5.42. The van der Waals surface area contributed by atoms with E-state index in [-0.39, 0.29) is 59.8 Å². The molecule has 1 amide bonds. The van der Waals surface area contributed by atoms with E-state index in [4.69, 9.17) is 16.3 Å². The van der Waals surface area contributed by atoms with Gasteiger partial charge in [0.1, 0.15) is 23.8 Å². The molecule has 2 aliphatic heterocycles. The number of amides is 1. The molecule has 1 aromatic heterocycles. The third-order valence-corrected chi connectivity index (χ3v) is 8.92. The Morgan fingerprint density at radius 3 is 2.70 bits per heavy atom. The maximum atomic E-state index is 16.7. The van der Waals surface area contributed by atoms with Crippen molar-refractivity contribution in [1.82, 2.24) is 19.8 Å². The van der Waals surface area contributed by atoms with Crippen LogP contribution in [0.25, 0.3) is 32.8 Å². The van der Waals surface area contributed by atoms with Crippen molar-refractivity contribution >= 4 is 45.0 Å². The van der Waals surface area contributed by atoms with Gasteiger partial charge in [-0.3, -0.25) is 4.79 Å². The summed E-state index contributed by atoms with van der Waals surface area (Å²) >= 11 is 6.53. The Labute approximate surface area is 259 Å². The molecule has 6 rings (SSSR count). The summed E-state index contributed by atoms with van der Waals surface area (Å²) in [4.78, 5) is 27.3. The first kappa shape index (κ1) is 29.7. The van der Waals surface area contributed by atoms with Crippen LogP contribution in [-0.4, -0.2) is 77.6 Å². The van der Waals surface area contributed by atoms with Gasteiger partial charge in [-0.05, 0) is 55.6 Å². The molecule has 11 heteroatoms. The van der Waals surface area contributed by atoms with Crippen LogP contribution < -0.4 is 9.64 Å². The van der Waals surface area contributed by atoms with Gasteiger partial charge in [0.25, 0.3) is 0 Å². The first-order chi connectivity index (χ1) is 21.3. The summed E-state index contributed by atoms with van der Waals surface area (Å²) in [5, 5.41) is 11.3. The van der Waals surface area contributed by atoms with Gasteiger partial charge in [-0.25, -0.2) is 8.78 Å². The molecule has 0 spiro atoms. The van der Waals surface area contributed by atoms with Crippen LogP contribution >= 0.6 is 11.6 Å². The Bertz CT molecular complexity index is 1810. The molecule has 44 heavy (non-hydrogen) atoms. The van der Waals surface area contributed by atoms with Gasteiger partial charge in [0.05, 0.1) is 24.1 Å². The van der Waals surface area contributed by atoms with E-state index in [9.17, 15) is 10.1 Å². The molecule has 0 radical (unpaired) electrons. The molecule has 2 fully saturated rings. The Morgan fingerprint density at radius 1 is 1.18 bits per heavy atom. The molecular formula is C33H31ClF2N6O2. The standard InChI is InChI=1S/C33H31ClF2N6O2/c1-3-27(43)42-16-15-41(18-21(42)12-13-37)32-24-17-26(35)29(23-10-4-7-20-8-5-11-25(34)28(20)23)30(36)31(24)38-33(39-32)44-19-22-9-6-14-40(22)2/h3-5,7-8,10-11,17,21-22H,1,6,9,12,14-16,18-19H2,2H3/t21-,22-/m0/s1. The van der Waals surface area contributed by atoms with Gasteiger partial charge in [-0.2, -0.15) is 15.2 Å². The highest BCUT2D eigenvalue weighted by Gasteiger charge is 2.32. The quantitative estimate of drug-likeness (QED) is 0.237. The number of fused-ring (bicyclic) bond motifs is 2. The molecule has 3 aromatic carbocycles. The van der Waals surface area contributed by atoms with Crippen LogP contribution in [-0.2, 0) is 4.79 Å². The molecular weight excluding hydrogens is 586 g/mol. The molecule has 0 unspecified atom stereocenters. The van der Waals surface area contributed by atoms with Crippen LogP contribution in [0.3, 0.4) is 0 Å². The monoisotopic (exact) mass is 616 g/mol. The van der Waals surface area contributed by atoms with Crippen molar-refractivity contribution in [2.24, 2.45) is 0 Å². The van der Waals surface area contributed by atoms with E-state index in [2.05, 4.69) is 27.5 Å². The van der Waals surface area contributed by atoms with Gasteiger partial charge >= 0.3 is 6.01 Å². The topological polar surface area (TPSA) is 85.6 Å². The Kier molecular flexibility index (Phi) is 8.34. The third-order valence-electron chi connectivity index (χ3n) is 8.61. The second kappa shape index (κ2) is 12.3. The molecule has 2 aliphatic rings.